The summed E-state index contributed by atoms with van der Waals surface area (Å²) in [6, 6.07) is 65.0. The Morgan fingerprint density at radius 3 is 1.40 bits per heavy atom. The van der Waals surface area contributed by atoms with Crippen LogP contribution in [0.3, 0.4) is 0 Å². The first-order valence-electron chi connectivity index (χ1n) is 17.5. The third-order valence-corrected chi connectivity index (χ3v) is 10.7. The Hall–Kier alpha value is -7.26. The minimum absolute atomic E-state index is 0.425. The lowest BCUT2D eigenvalue weighted by Crippen LogP contribution is -1.91. The van der Waals surface area contributed by atoms with Crippen LogP contribution in [0.15, 0.2) is 170 Å². The number of hydrogen-bond donors (Lipinski definition) is 0. The zero-order valence-electron chi connectivity index (χ0n) is 28.1. The minimum atomic E-state index is 0.425. The first-order chi connectivity index (χ1) is 25.7. The van der Waals surface area contributed by atoms with Crippen molar-refractivity contribution < 1.29 is 0 Å². The van der Waals surface area contributed by atoms with Crippen molar-refractivity contribution in [3.05, 3.63) is 181 Å². The van der Waals surface area contributed by atoms with Gasteiger partial charge in [-0.25, -0.2) is 0 Å². The first-order valence-corrected chi connectivity index (χ1v) is 17.5. The summed E-state index contributed by atoms with van der Waals surface area (Å²) in [5.74, 6) is 0. The molecule has 10 aromatic carbocycles. The molecule has 10 rings (SSSR count). The Morgan fingerprint density at radius 2 is 0.712 bits per heavy atom. The third-order valence-electron chi connectivity index (χ3n) is 10.7. The summed E-state index contributed by atoms with van der Waals surface area (Å²) < 4.78 is 0. The van der Waals surface area contributed by atoms with Gasteiger partial charge in [0.2, 0.25) is 0 Å². The van der Waals surface area contributed by atoms with Crippen LogP contribution in [0.2, 0.25) is 0 Å². The smallest absolute Gasteiger partial charge is 0.101 e. The lowest BCUT2D eigenvalue weighted by Gasteiger charge is -2.13. The molecule has 0 N–H and O–H groups in total. The van der Waals surface area contributed by atoms with Gasteiger partial charge in [0, 0.05) is 10.8 Å². The van der Waals surface area contributed by atoms with Gasteiger partial charge in [0.05, 0.1) is 11.1 Å². The first kappa shape index (κ1) is 29.6. The van der Waals surface area contributed by atoms with Crippen molar-refractivity contribution in [2.45, 2.75) is 0 Å². The molecule has 0 aliphatic rings. The molecule has 0 heterocycles. The van der Waals surface area contributed by atoms with Crippen molar-refractivity contribution in [1.82, 2.24) is 0 Å². The maximum Gasteiger partial charge on any atom is 0.101 e. The fraction of sp³-hybridized carbons (Fsp3) is 0. The second-order valence-electron chi connectivity index (χ2n) is 13.5. The van der Waals surface area contributed by atoms with E-state index in [0.717, 1.165) is 43.8 Å². The van der Waals surface area contributed by atoms with Gasteiger partial charge in [-0.05, 0) is 118 Å². The normalized spacial score (nSPS) is 11.4. The topological polar surface area (TPSA) is 47.6 Å². The molecule has 0 radical (unpaired) electrons. The molecule has 0 saturated carbocycles. The number of benzene rings is 10. The average molecular weight is 657 g/mol. The van der Waals surface area contributed by atoms with E-state index in [4.69, 9.17) is 0 Å². The van der Waals surface area contributed by atoms with Crippen LogP contribution in [0.4, 0.5) is 0 Å². The highest BCUT2D eigenvalue weighted by molar-refractivity contribution is 6.16. The van der Waals surface area contributed by atoms with Gasteiger partial charge in [0.1, 0.15) is 12.1 Å². The second-order valence-corrected chi connectivity index (χ2v) is 13.5. The monoisotopic (exact) mass is 656 g/mol. The number of nitrogens with zero attached hydrogens (tertiary/aromatic N) is 2. The van der Waals surface area contributed by atoms with Crippen LogP contribution in [-0.4, -0.2) is 0 Å². The fourth-order valence-electron chi connectivity index (χ4n) is 8.19. The van der Waals surface area contributed by atoms with Crippen LogP contribution in [0.5, 0.6) is 0 Å². The van der Waals surface area contributed by atoms with Gasteiger partial charge < -0.3 is 0 Å². The summed E-state index contributed by atoms with van der Waals surface area (Å²) in [6.45, 7) is 0. The minimum Gasteiger partial charge on any atom is -0.192 e. The molecule has 0 bridgehead atoms. The Kier molecular flexibility index (Phi) is 6.65. The van der Waals surface area contributed by atoms with Crippen molar-refractivity contribution in [3.63, 3.8) is 0 Å². The number of rotatable bonds is 3. The van der Waals surface area contributed by atoms with Crippen molar-refractivity contribution >= 4 is 64.6 Å². The Bertz CT molecular complexity index is 3210. The zero-order valence-corrected chi connectivity index (χ0v) is 28.1. The molecule has 0 aliphatic heterocycles. The maximum absolute atomic E-state index is 10.2. The van der Waals surface area contributed by atoms with Crippen LogP contribution in [0, 0.1) is 22.7 Å². The van der Waals surface area contributed by atoms with Gasteiger partial charge in [-0.3, -0.25) is 0 Å². The van der Waals surface area contributed by atoms with Gasteiger partial charge in [-0.15, -0.1) is 0 Å². The zero-order chi connectivity index (χ0) is 34.8. The van der Waals surface area contributed by atoms with E-state index in [-0.39, 0.29) is 0 Å². The van der Waals surface area contributed by atoms with Crippen LogP contribution >= 0.6 is 0 Å². The molecule has 10 aromatic rings. The summed E-state index contributed by atoms with van der Waals surface area (Å²) in [5.41, 5.74) is 7.65. The molecule has 0 atom stereocenters. The summed E-state index contributed by atoms with van der Waals surface area (Å²) in [4.78, 5) is 0. The molecule has 238 valence electrons. The molecular weight excluding hydrogens is 629 g/mol. The van der Waals surface area contributed by atoms with Crippen molar-refractivity contribution in [3.8, 4) is 45.5 Å². The SMILES string of the molecule is N#Cc1c(C#N)c2cc(-c3cccc(-c4ccc5c(ccc6cc(-c7cc8ccccc8c8ccccc78)ccc65)c4)c3)ccc2c2ccccc12. The number of hydrogen-bond acceptors (Lipinski definition) is 2. The Labute approximate surface area is 300 Å². The van der Waals surface area contributed by atoms with E-state index in [9.17, 15) is 10.5 Å². The van der Waals surface area contributed by atoms with E-state index in [1.54, 1.807) is 0 Å². The molecule has 0 fully saturated rings. The lowest BCUT2D eigenvalue weighted by molar-refractivity contribution is 1.47. The van der Waals surface area contributed by atoms with Crippen LogP contribution < -0.4 is 0 Å². The summed E-state index contributed by atoms with van der Waals surface area (Å²) in [6.07, 6.45) is 0. The molecule has 0 aliphatic carbocycles. The third kappa shape index (κ3) is 4.56. The van der Waals surface area contributed by atoms with Gasteiger partial charge in [0.15, 0.2) is 0 Å². The average Bonchev–Trinajstić information content (AvgIpc) is 3.22. The van der Waals surface area contributed by atoms with E-state index >= 15 is 0 Å². The Balaban J connectivity index is 1.04. The van der Waals surface area contributed by atoms with Crippen molar-refractivity contribution in [2.75, 3.05) is 0 Å². The van der Waals surface area contributed by atoms with Crippen molar-refractivity contribution in [2.24, 2.45) is 0 Å². The molecule has 2 heteroatoms. The summed E-state index contributed by atoms with van der Waals surface area (Å²) >= 11 is 0. The highest BCUT2D eigenvalue weighted by Crippen LogP contribution is 2.39. The van der Waals surface area contributed by atoms with Gasteiger partial charge in [0.25, 0.3) is 0 Å². The maximum atomic E-state index is 10.2. The predicted octanol–water partition coefficient (Wildman–Crippen LogP) is 13.4. The summed E-state index contributed by atoms with van der Waals surface area (Å²) in [5, 5.41) is 33.7. The molecular formula is C50H28N2. The number of nitriles is 2. The molecule has 0 saturated heterocycles. The van der Waals surface area contributed by atoms with E-state index in [1.165, 1.54) is 54.2 Å². The number of fused-ring (bicyclic) bond motifs is 9. The quantitative estimate of drug-likeness (QED) is 0.178. The lowest BCUT2D eigenvalue weighted by atomic mass is 9.90. The largest absolute Gasteiger partial charge is 0.192 e. The predicted molar refractivity (Wildman–Crippen MR) is 217 cm³/mol. The Morgan fingerprint density at radius 1 is 0.269 bits per heavy atom. The molecule has 0 amide bonds. The second kappa shape index (κ2) is 11.7. The van der Waals surface area contributed by atoms with E-state index in [0.29, 0.717) is 11.1 Å². The standard InChI is InChI=1S/C50H28N2/c51-29-49-45-15-6-4-13-43(45)46-23-19-34(27-48(46)50(49)30-52)32-10-7-9-31(24-32)33-18-21-40-36(25-33)16-17-37-26-38(20-22-41(37)40)47-28-35-8-1-2-11-39(35)42-12-3-5-14-44(42)47/h1-28H. The van der Waals surface area contributed by atoms with Gasteiger partial charge in [-0.1, -0.05) is 140 Å². The molecule has 2 nitrogen and oxygen atoms in total. The van der Waals surface area contributed by atoms with Crippen molar-refractivity contribution in [1.29, 1.82) is 10.5 Å². The molecule has 0 unspecified atom stereocenters. The summed E-state index contributed by atoms with van der Waals surface area (Å²) in [7, 11) is 0. The highest BCUT2D eigenvalue weighted by atomic mass is 14.3. The highest BCUT2D eigenvalue weighted by Gasteiger charge is 2.16. The van der Waals surface area contributed by atoms with E-state index in [2.05, 4.69) is 158 Å². The van der Waals surface area contributed by atoms with Gasteiger partial charge >= 0.3 is 0 Å². The molecule has 0 spiro atoms. The van der Waals surface area contributed by atoms with Gasteiger partial charge in [-0.2, -0.15) is 10.5 Å². The van der Waals surface area contributed by atoms with Crippen LogP contribution in [0.25, 0.3) is 98.0 Å². The van der Waals surface area contributed by atoms with Crippen LogP contribution in [-0.2, 0) is 0 Å². The molecule has 52 heavy (non-hydrogen) atoms. The van der Waals surface area contributed by atoms with Crippen LogP contribution in [0.1, 0.15) is 11.1 Å². The van der Waals surface area contributed by atoms with E-state index < -0.39 is 0 Å². The molecule has 0 aromatic heterocycles. The van der Waals surface area contributed by atoms with E-state index in [1.807, 2.05) is 24.3 Å². The fourth-order valence-corrected chi connectivity index (χ4v) is 8.19.